The van der Waals surface area contributed by atoms with Crippen LogP contribution in [0.3, 0.4) is 0 Å². The van der Waals surface area contributed by atoms with Gasteiger partial charge in [-0.05, 0) is 39.0 Å². The SMILES string of the molecule is CCN(c1ncnc2[nH]cc(C(C)=O)c12)[C@@H](C)c1nn2ccc(Cl)c2c(=O)n1-c1ccccn1. The summed E-state index contributed by atoms with van der Waals surface area (Å²) in [5.41, 5.74) is 0.989. The Morgan fingerprint density at radius 1 is 1.24 bits per heavy atom. The minimum absolute atomic E-state index is 0.0991. The summed E-state index contributed by atoms with van der Waals surface area (Å²) in [7, 11) is 0. The standard InChI is InChI=1S/C23H21ClN8O2/c1-4-30(22-18-15(14(3)33)11-26-20(18)27-12-28-22)13(2)21-29-31-10-8-16(24)19(31)23(34)32(21)17-7-5-6-9-25-17/h5-13H,4H2,1-3H3,(H,26,27,28)/t13-/m0/s1. The summed E-state index contributed by atoms with van der Waals surface area (Å²) in [5, 5.41) is 5.68. The van der Waals surface area contributed by atoms with Crippen LogP contribution in [-0.4, -0.2) is 46.4 Å². The zero-order valence-electron chi connectivity index (χ0n) is 18.7. The first-order valence-electron chi connectivity index (χ1n) is 10.7. The molecule has 0 fully saturated rings. The number of Topliss-reactive ketones (excluding diaryl/α,β-unsaturated/α-hetero) is 1. The minimum Gasteiger partial charge on any atom is -0.346 e. The van der Waals surface area contributed by atoms with E-state index in [1.54, 1.807) is 42.9 Å². The fraction of sp³-hybridized carbons (Fsp3) is 0.217. The Labute approximate surface area is 198 Å². The molecule has 5 heterocycles. The lowest BCUT2D eigenvalue weighted by atomic mass is 10.1. The molecule has 0 aliphatic heterocycles. The van der Waals surface area contributed by atoms with E-state index in [4.69, 9.17) is 16.7 Å². The lowest BCUT2D eigenvalue weighted by Crippen LogP contribution is -2.35. The first kappa shape index (κ1) is 21.8. The number of aromatic amines is 1. The van der Waals surface area contributed by atoms with Crippen LogP contribution in [0.15, 0.2) is 54.0 Å². The first-order valence-corrected chi connectivity index (χ1v) is 11.1. The predicted molar refractivity (Wildman–Crippen MR) is 129 cm³/mol. The number of rotatable bonds is 6. The average molecular weight is 477 g/mol. The molecule has 172 valence electrons. The summed E-state index contributed by atoms with van der Waals surface area (Å²) in [6.07, 6.45) is 6.35. The third-order valence-electron chi connectivity index (χ3n) is 5.82. The molecule has 0 unspecified atom stereocenters. The van der Waals surface area contributed by atoms with Crippen LogP contribution >= 0.6 is 11.6 Å². The Morgan fingerprint density at radius 3 is 2.76 bits per heavy atom. The first-order chi connectivity index (χ1) is 16.4. The molecule has 0 bridgehead atoms. The molecule has 0 aliphatic carbocycles. The van der Waals surface area contributed by atoms with E-state index in [0.29, 0.717) is 45.6 Å². The van der Waals surface area contributed by atoms with Gasteiger partial charge in [0.2, 0.25) is 0 Å². The molecule has 0 spiro atoms. The van der Waals surface area contributed by atoms with Crippen molar-refractivity contribution in [3.63, 3.8) is 0 Å². The number of carbonyl (C=O) groups excluding carboxylic acids is 1. The van der Waals surface area contributed by atoms with Crippen molar-refractivity contribution >= 4 is 39.8 Å². The van der Waals surface area contributed by atoms with Crippen molar-refractivity contribution in [1.82, 2.24) is 34.1 Å². The molecule has 10 nitrogen and oxygen atoms in total. The fourth-order valence-corrected chi connectivity index (χ4v) is 4.44. The number of pyridine rings is 1. The van der Waals surface area contributed by atoms with E-state index in [2.05, 4.69) is 19.9 Å². The normalized spacial score (nSPS) is 12.4. The lowest BCUT2D eigenvalue weighted by molar-refractivity contribution is 0.101. The number of ketones is 1. The van der Waals surface area contributed by atoms with Gasteiger partial charge in [0.05, 0.1) is 16.5 Å². The van der Waals surface area contributed by atoms with Crippen LogP contribution in [0.4, 0.5) is 5.82 Å². The highest BCUT2D eigenvalue weighted by molar-refractivity contribution is 6.33. The summed E-state index contributed by atoms with van der Waals surface area (Å²) < 4.78 is 2.95. The Kier molecular flexibility index (Phi) is 5.37. The number of fused-ring (bicyclic) bond motifs is 2. The molecule has 0 aromatic carbocycles. The molecule has 5 aromatic heterocycles. The zero-order chi connectivity index (χ0) is 24.0. The van der Waals surface area contributed by atoms with Crippen LogP contribution in [0.25, 0.3) is 22.4 Å². The van der Waals surface area contributed by atoms with Gasteiger partial charge in [-0.1, -0.05) is 17.7 Å². The van der Waals surface area contributed by atoms with Crippen molar-refractivity contribution in [3.05, 3.63) is 75.9 Å². The Balaban J connectivity index is 1.76. The highest BCUT2D eigenvalue weighted by atomic mass is 35.5. The number of nitrogens with zero attached hydrogens (tertiary/aromatic N) is 7. The predicted octanol–water partition coefficient (Wildman–Crippen LogP) is 3.60. The maximum absolute atomic E-state index is 13.6. The number of halogens is 1. The number of nitrogens with one attached hydrogen (secondary N) is 1. The largest absolute Gasteiger partial charge is 0.346 e. The van der Waals surface area contributed by atoms with E-state index in [0.717, 1.165) is 0 Å². The van der Waals surface area contributed by atoms with E-state index < -0.39 is 6.04 Å². The minimum atomic E-state index is -0.432. The van der Waals surface area contributed by atoms with Crippen LogP contribution in [-0.2, 0) is 0 Å². The van der Waals surface area contributed by atoms with Crippen molar-refractivity contribution in [2.75, 3.05) is 11.4 Å². The molecule has 0 saturated heterocycles. The molecule has 0 amide bonds. The van der Waals surface area contributed by atoms with Gasteiger partial charge in [-0.2, -0.15) is 5.10 Å². The second-order valence-electron chi connectivity index (χ2n) is 7.78. The van der Waals surface area contributed by atoms with Gasteiger partial charge in [-0.25, -0.2) is 24.0 Å². The molecule has 11 heteroatoms. The van der Waals surface area contributed by atoms with Gasteiger partial charge in [0, 0.05) is 30.7 Å². The number of anilines is 1. The molecule has 5 rings (SSSR count). The van der Waals surface area contributed by atoms with E-state index in [1.807, 2.05) is 18.7 Å². The molecule has 0 radical (unpaired) electrons. The molecule has 34 heavy (non-hydrogen) atoms. The molecule has 1 atom stereocenters. The molecular formula is C23H21ClN8O2. The summed E-state index contributed by atoms with van der Waals surface area (Å²) in [6, 6.07) is 6.52. The maximum Gasteiger partial charge on any atom is 0.285 e. The zero-order valence-corrected chi connectivity index (χ0v) is 19.5. The van der Waals surface area contributed by atoms with Gasteiger partial charge in [-0.15, -0.1) is 0 Å². The molecule has 1 N–H and O–H groups in total. The molecule has 0 aliphatic rings. The third-order valence-corrected chi connectivity index (χ3v) is 6.13. The van der Waals surface area contributed by atoms with Crippen LogP contribution in [0, 0.1) is 0 Å². The molecule has 5 aromatic rings. The topological polar surface area (TPSA) is 114 Å². The lowest BCUT2D eigenvalue weighted by Gasteiger charge is -2.30. The Bertz CT molecular complexity index is 1590. The van der Waals surface area contributed by atoms with Crippen LogP contribution in [0.5, 0.6) is 0 Å². The Hall–Kier alpha value is -4.05. The van der Waals surface area contributed by atoms with Gasteiger partial charge in [0.25, 0.3) is 5.56 Å². The average Bonchev–Trinajstić information content (AvgIpc) is 3.44. The van der Waals surface area contributed by atoms with Gasteiger partial charge >= 0.3 is 0 Å². The van der Waals surface area contributed by atoms with Crippen molar-refractivity contribution in [3.8, 4) is 5.82 Å². The van der Waals surface area contributed by atoms with Gasteiger partial charge < -0.3 is 9.88 Å². The highest BCUT2D eigenvalue weighted by Crippen LogP contribution is 2.32. The van der Waals surface area contributed by atoms with E-state index in [1.165, 1.54) is 22.3 Å². The number of carbonyl (C=O) groups is 1. The smallest absolute Gasteiger partial charge is 0.285 e. The van der Waals surface area contributed by atoms with Gasteiger partial charge in [0.1, 0.15) is 29.1 Å². The van der Waals surface area contributed by atoms with E-state index in [-0.39, 0.29) is 16.9 Å². The van der Waals surface area contributed by atoms with Crippen molar-refractivity contribution in [1.29, 1.82) is 0 Å². The van der Waals surface area contributed by atoms with Crippen LogP contribution in [0.1, 0.15) is 43.0 Å². The van der Waals surface area contributed by atoms with Crippen LogP contribution in [0.2, 0.25) is 5.02 Å². The van der Waals surface area contributed by atoms with Crippen molar-refractivity contribution < 1.29 is 4.79 Å². The Morgan fingerprint density at radius 2 is 2.06 bits per heavy atom. The van der Waals surface area contributed by atoms with Crippen molar-refractivity contribution in [2.45, 2.75) is 26.8 Å². The fourth-order valence-electron chi connectivity index (χ4n) is 4.21. The summed E-state index contributed by atoms with van der Waals surface area (Å²) in [6.45, 7) is 5.93. The van der Waals surface area contributed by atoms with E-state index in [9.17, 15) is 9.59 Å². The number of hydrogen-bond donors (Lipinski definition) is 1. The third kappa shape index (κ3) is 3.34. The van der Waals surface area contributed by atoms with Gasteiger partial charge in [-0.3, -0.25) is 9.59 Å². The number of H-pyrrole nitrogens is 1. The number of aromatic nitrogens is 7. The van der Waals surface area contributed by atoms with Gasteiger partial charge in [0.15, 0.2) is 11.6 Å². The molecule has 0 saturated carbocycles. The van der Waals surface area contributed by atoms with E-state index >= 15 is 0 Å². The highest BCUT2D eigenvalue weighted by Gasteiger charge is 2.27. The quantitative estimate of drug-likeness (QED) is 0.372. The summed E-state index contributed by atoms with van der Waals surface area (Å²) in [4.78, 5) is 44.1. The van der Waals surface area contributed by atoms with Crippen LogP contribution < -0.4 is 10.5 Å². The second-order valence-corrected chi connectivity index (χ2v) is 8.19. The monoisotopic (exact) mass is 476 g/mol. The van der Waals surface area contributed by atoms with Crippen molar-refractivity contribution in [2.24, 2.45) is 0 Å². The number of hydrogen-bond acceptors (Lipinski definition) is 7. The summed E-state index contributed by atoms with van der Waals surface area (Å²) >= 11 is 6.30. The molecular weight excluding hydrogens is 456 g/mol. The summed E-state index contributed by atoms with van der Waals surface area (Å²) in [5.74, 6) is 1.34. The second kappa shape index (κ2) is 8.38. The maximum atomic E-state index is 13.6.